The Bertz CT molecular complexity index is 333. The molecule has 0 aliphatic carbocycles. The summed E-state index contributed by atoms with van der Waals surface area (Å²) in [7, 11) is 0. The lowest BCUT2D eigenvalue weighted by Gasteiger charge is -2.13. The van der Waals surface area contributed by atoms with Crippen LogP contribution < -0.4 is 5.32 Å². The first kappa shape index (κ1) is 10.4. The molecule has 14 heavy (non-hydrogen) atoms. The maximum absolute atomic E-state index is 11.4. The van der Waals surface area contributed by atoms with Crippen LogP contribution in [0.2, 0.25) is 0 Å². The van der Waals surface area contributed by atoms with Gasteiger partial charge in [0.25, 0.3) is 0 Å². The van der Waals surface area contributed by atoms with Crippen LogP contribution in [0.4, 0.5) is 0 Å². The molecule has 0 fully saturated rings. The fourth-order valence-electron chi connectivity index (χ4n) is 1.18. The molecular formula is C9H13N3O2. The van der Waals surface area contributed by atoms with E-state index in [1.54, 1.807) is 6.92 Å². The zero-order valence-corrected chi connectivity index (χ0v) is 8.23. The number of carbonyl (C=O) groups is 2. The summed E-state index contributed by atoms with van der Waals surface area (Å²) in [5.41, 5.74) is 0.406. The lowest BCUT2D eigenvalue weighted by molar-refractivity contribution is -0.123. The number of rotatable bonds is 4. The number of imidazole rings is 1. The van der Waals surface area contributed by atoms with E-state index in [2.05, 4.69) is 10.3 Å². The molecule has 0 spiro atoms. The first-order valence-corrected chi connectivity index (χ1v) is 4.45. The highest BCUT2D eigenvalue weighted by atomic mass is 16.2. The van der Waals surface area contributed by atoms with E-state index in [0.717, 1.165) is 0 Å². The zero-order chi connectivity index (χ0) is 10.6. The summed E-state index contributed by atoms with van der Waals surface area (Å²) < 4.78 is 1.54. The molecule has 1 rings (SSSR count). The minimum absolute atomic E-state index is 0.117. The third-order valence-corrected chi connectivity index (χ3v) is 1.96. The summed E-state index contributed by atoms with van der Waals surface area (Å²) in [5.74, 6) is -0.117. The van der Waals surface area contributed by atoms with Crippen LogP contribution in [0.15, 0.2) is 12.5 Å². The normalized spacial score (nSPS) is 12.1. The summed E-state index contributed by atoms with van der Waals surface area (Å²) in [6.07, 6.45) is 3.59. The molecule has 0 aliphatic heterocycles. The molecule has 1 heterocycles. The number of aromatic nitrogens is 2. The minimum atomic E-state index is -0.405. The van der Waals surface area contributed by atoms with Crippen LogP contribution in [0.5, 0.6) is 0 Å². The quantitative estimate of drug-likeness (QED) is 0.707. The van der Waals surface area contributed by atoms with Crippen molar-refractivity contribution in [2.45, 2.75) is 19.9 Å². The van der Waals surface area contributed by atoms with Crippen LogP contribution in [0, 0.1) is 0 Å². The van der Waals surface area contributed by atoms with Gasteiger partial charge in [-0.3, -0.25) is 9.59 Å². The molecule has 0 saturated carbocycles. The Morgan fingerprint density at radius 3 is 3.07 bits per heavy atom. The molecule has 1 atom stereocenters. The molecule has 1 N–H and O–H groups in total. The lowest BCUT2D eigenvalue weighted by atomic mass is 10.3. The summed E-state index contributed by atoms with van der Waals surface area (Å²) in [6.45, 7) is 4.15. The number of aldehydes is 1. The van der Waals surface area contributed by atoms with Gasteiger partial charge in [0.2, 0.25) is 5.91 Å². The summed E-state index contributed by atoms with van der Waals surface area (Å²) >= 11 is 0. The second-order valence-electron chi connectivity index (χ2n) is 2.91. The van der Waals surface area contributed by atoms with Crippen LogP contribution in [0.1, 0.15) is 30.4 Å². The predicted molar refractivity (Wildman–Crippen MR) is 51.0 cm³/mol. The van der Waals surface area contributed by atoms with Gasteiger partial charge in [-0.05, 0) is 13.8 Å². The van der Waals surface area contributed by atoms with E-state index in [1.165, 1.54) is 17.1 Å². The highest BCUT2D eigenvalue weighted by Gasteiger charge is 2.15. The number of hydrogen-bond acceptors (Lipinski definition) is 3. The van der Waals surface area contributed by atoms with E-state index in [1.807, 2.05) is 6.92 Å². The van der Waals surface area contributed by atoms with Gasteiger partial charge in [0, 0.05) is 6.54 Å². The largest absolute Gasteiger partial charge is 0.355 e. The van der Waals surface area contributed by atoms with Crippen LogP contribution >= 0.6 is 0 Å². The van der Waals surface area contributed by atoms with E-state index in [-0.39, 0.29) is 5.91 Å². The van der Waals surface area contributed by atoms with Gasteiger partial charge < -0.3 is 9.88 Å². The van der Waals surface area contributed by atoms with Gasteiger partial charge in [-0.15, -0.1) is 0 Å². The maximum atomic E-state index is 11.4. The van der Waals surface area contributed by atoms with Crippen LogP contribution in [-0.2, 0) is 4.79 Å². The van der Waals surface area contributed by atoms with E-state index >= 15 is 0 Å². The van der Waals surface area contributed by atoms with E-state index < -0.39 is 6.04 Å². The fourth-order valence-corrected chi connectivity index (χ4v) is 1.18. The predicted octanol–water partition coefficient (Wildman–Crippen LogP) is 0.393. The average molecular weight is 195 g/mol. The molecule has 1 aromatic heterocycles. The van der Waals surface area contributed by atoms with Crippen molar-refractivity contribution in [1.29, 1.82) is 0 Å². The van der Waals surface area contributed by atoms with Crippen molar-refractivity contribution < 1.29 is 9.59 Å². The van der Waals surface area contributed by atoms with Gasteiger partial charge in [0.1, 0.15) is 11.7 Å². The highest BCUT2D eigenvalue weighted by Crippen LogP contribution is 2.07. The maximum Gasteiger partial charge on any atom is 0.242 e. The molecule has 5 heteroatoms. The molecule has 0 bridgehead atoms. The van der Waals surface area contributed by atoms with Crippen LogP contribution in [-0.4, -0.2) is 28.3 Å². The van der Waals surface area contributed by atoms with Crippen molar-refractivity contribution in [3.05, 3.63) is 18.2 Å². The van der Waals surface area contributed by atoms with Gasteiger partial charge >= 0.3 is 0 Å². The molecule has 1 unspecified atom stereocenters. The summed E-state index contributed by atoms with van der Waals surface area (Å²) in [6, 6.07) is -0.405. The minimum Gasteiger partial charge on any atom is -0.355 e. The summed E-state index contributed by atoms with van der Waals surface area (Å²) in [5, 5.41) is 2.68. The fraction of sp³-hybridized carbons (Fsp3) is 0.444. The van der Waals surface area contributed by atoms with Crippen molar-refractivity contribution >= 4 is 12.2 Å². The molecule has 5 nitrogen and oxygen atoms in total. The number of likely N-dealkylation sites (N-methyl/N-ethyl adjacent to an activating group) is 1. The monoisotopic (exact) mass is 195 g/mol. The molecular weight excluding hydrogens is 182 g/mol. The Hall–Kier alpha value is -1.65. The Balaban J connectivity index is 2.82. The lowest BCUT2D eigenvalue weighted by Crippen LogP contribution is -2.31. The first-order valence-electron chi connectivity index (χ1n) is 4.45. The third kappa shape index (κ3) is 1.99. The second-order valence-corrected chi connectivity index (χ2v) is 2.91. The standard InChI is InChI=1S/C9H13N3O2/c1-3-11-9(14)7(2)12-6-10-4-8(12)5-13/h4-7H,3H2,1-2H3,(H,11,14). The molecule has 76 valence electrons. The van der Waals surface area contributed by atoms with E-state index in [9.17, 15) is 9.59 Å². The Morgan fingerprint density at radius 2 is 2.50 bits per heavy atom. The number of carbonyl (C=O) groups excluding carboxylic acids is 2. The van der Waals surface area contributed by atoms with Crippen LogP contribution in [0.25, 0.3) is 0 Å². The number of nitrogens with zero attached hydrogens (tertiary/aromatic N) is 2. The van der Waals surface area contributed by atoms with Gasteiger partial charge in [0.05, 0.1) is 12.5 Å². The SMILES string of the molecule is CCNC(=O)C(C)n1cncc1C=O. The van der Waals surface area contributed by atoms with Crippen LogP contribution in [0.3, 0.4) is 0 Å². The Morgan fingerprint density at radius 1 is 1.79 bits per heavy atom. The van der Waals surface area contributed by atoms with Crippen molar-refractivity contribution in [2.75, 3.05) is 6.54 Å². The highest BCUT2D eigenvalue weighted by molar-refractivity contribution is 5.81. The number of hydrogen-bond donors (Lipinski definition) is 1. The average Bonchev–Trinajstić information content (AvgIpc) is 2.64. The van der Waals surface area contributed by atoms with E-state index in [4.69, 9.17) is 0 Å². The van der Waals surface area contributed by atoms with Gasteiger partial charge in [-0.2, -0.15) is 0 Å². The van der Waals surface area contributed by atoms with Crippen molar-refractivity contribution in [3.63, 3.8) is 0 Å². The first-order chi connectivity index (χ1) is 6.70. The van der Waals surface area contributed by atoms with Gasteiger partial charge in [0.15, 0.2) is 6.29 Å². The summed E-state index contributed by atoms with van der Waals surface area (Å²) in [4.78, 5) is 25.8. The molecule has 1 aromatic rings. The molecule has 0 radical (unpaired) electrons. The van der Waals surface area contributed by atoms with Crippen molar-refractivity contribution in [1.82, 2.24) is 14.9 Å². The number of nitrogens with one attached hydrogen (secondary N) is 1. The second kappa shape index (κ2) is 4.55. The Kier molecular flexibility index (Phi) is 3.39. The molecule has 1 amide bonds. The smallest absolute Gasteiger partial charge is 0.242 e. The van der Waals surface area contributed by atoms with Crippen molar-refractivity contribution in [2.24, 2.45) is 0 Å². The number of amides is 1. The molecule has 0 aliphatic rings. The third-order valence-electron chi connectivity index (χ3n) is 1.96. The zero-order valence-electron chi connectivity index (χ0n) is 8.23. The molecule has 0 saturated heterocycles. The van der Waals surface area contributed by atoms with Crippen molar-refractivity contribution in [3.8, 4) is 0 Å². The molecule has 0 aromatic carbocycles. The van der Waals surface area contributed by atoms with Gasteiger partial charge in [-0.1, -0.05) is 0 Å². The Labute approximate surface area is 82.1 Å². The van der Waals surface area contributed by atoms with Gasteiger partial charge in [-0.25, -0.2) is 4.98 Å². The topological polar surface area (TPSA) is 64.0 Å². The van der Waals surface area contributed by atoms with E-state index in [0.29, 0.717) is 18.5 Å².